The molecule has 0 amide bonds. The smallest absolute Gasteiger partial charge is 0.210 e. The molecule has 2 N–H and O–H groups in total. The second kappa shape index (κ2) is 1.82. The number of hydrogen-bond donors (Lipinski definition) is 1. The summed E-state index contributed by atoms with van der Waals surface area (Å²) in [4.78, 5) is 0. The van der Waals surface area contributed by atoms with Gasteiger partial charge in [-0.15, -0.1) is 0 Å². The molecular formula is C3H5N3O2S. The van der Waals surface area contributed by atoms with Crippen LogP contribution in [0.4, 0.5) is 0 Å². The maximum absolute atomic E-state index is 10.4. The van der Waals surface area contributed by atoms with E-state index in [-0.39, 0.29) is 0 Å². The van der Waals surface area contributed by atoms with Crippen molar-refractivity contribution in [2.45, 2.75) is 0 Å². The fraction of sp³-hybridized carbons (Fsp3) is 0. The van der Waals surface area contributed by atoms with Crippen LogP contribution in [0, 0.1) is 0 Å². The van der Waals surface area contributed by atoms with E-state index in [1.807, 2.05) is 0 Å². The van der Waals surface area contributed by atoms with E-state index >= 15 is 0 Å². The lowest BCUT2D eigenvalue weighted by molar-refractivity contribution is 0.582. The molecule has 1 rings (SSSR count). The summed E-state index contributed by atoms with van der Waals surface area (Å²) < 4.78 is 21.4. The SMILES string of the molecule is NS(=O)(=O)n1cccn1. The second-order valence-electron chi connectivity index (χ2n) is 1.42. The number of aromatic nitrogens is 2. The zero-order chi connectivity index (χ0) is 6.91. The van der Waals surface area contributed by atoms with Gasteiger partial charge in [0.25, 0.3) is 0 Å². The molecule has 0 atom stereocenters. The summed E-state index contributed by atoms with van der Waals surface area (Å²) in [6.45, 7) is 0. The Bertz CT molecular complexity index is 274. The van der Waals surface area contributed by atoms with Crippen LogP contribution >= 0.6 is 0 Å². The lowest BCUT2D eigenvalue weighted by Crippen LogP contribution is -2.21. The van der Waals surface area contributed by atoms with Gasteiger partial charge in [0.1, 0.15) is 0 Å². The molecule has 9 heavy (non-hydrogen) atoms. The molecule has 0 aliphatic heterocycles. The number of nitrogens with two attached hydrogens (primary N) is 1. The molecule has 0 saturated carbocycles. The summed E-state index contributed by atoms with van der Waals surface area (Å²) in [6, 6.07) is 1.48. The van der Waals surface area contributed by atoms with Crippen LogP contribution in [0.25, 0.3) is 0 Å². The first kappa shape index (κ1) is 6.24. The van der Waals surface area contributed by atoms with Crippen molar-refractivity contribution in [1.82, 2.24) is 9.19 Å². The fourth-order valence-corrected chi connectivity index (χ4v) is 0.831. The number of rotatable bonds is 1. The van der Waals surface area contributed by atoms with Gasteiger partial charge in [-0.3, -0.25) is 0 Å². The minimum absolute atomic E-state index is 0.688. The Balaban J connectivity index is 3.20. The van der Waals surface area contributed by atoms with E-state index < -0.39 is 10.2 Å². The second-order valence-corrected chi connectivity index (χ2v) is 2.83. The average molecular weight is 147 g/mol. The van der Waals surface area contributed by atoms with Crippen molar-refractivity contribution < 1.29 is 8.42 Å². The van der Waals surface area contributed by atoms with Crippen LogP contribution in [0.5, 0.6) is 0 Å². The maximum atomic E-state index is 10.4. The van der Waals surface area contributed by atoms with Gasteiger partial charge in [-0.25, -0.2) is 5.14 Å². The molecule has 1 aromatic rings. The molecule has 0 radical (unpaired) electrons. The van der Waals surface area contributed by atoms with Crippen LogP contribution in [-0.2, 0) is 10.2 Å². The van der Waals surface area contributed by atoms with Crippen molar-refractivity contribution in [3.05, 3.63) is 18.5 Å². The van der Waals surface area contributed by atoms with Gasteiger partial charge in [0.2, 0.25) is 0 Å². The van der Waals surface area contributed by atoms with Crippen LogP contribution in [0.3, 0.4) is 0 Å². The largest absolute Gasteiger partial charge is 0.317 e. The van der Waals surface area contributed by atoms with Crippen LogP contribution in [0.2, 0.25) is 0 Å². The van der Waals surface area contributed by atoms with Gasteiger partial charge in [0.15, 0.2) is 0 Å². The van der Waals surface area contributed by atoms with E-state index in [0.29, 0.717) is 4.09 Å². The van der Waals surface area contributed by atoms with E-state index in [1.165, 1.54) is 18.5 Å². The van der Waals surface area contributed by atoms with Crippen LogP contribution in [0.15, 0.2) is 18.5 Å². The standard InChI is InChI=1S/C3H5N3O2S/c4-9(7,8)6-3-1-2-5-6/h1-3H,(H2,4,7,8). The molecule has 5 nitrogen and oxygen atoms in total. The topological polar surface area (TPSA) is 78.0 Å². The summed E-state index contributed by atoms with van der Waals surface area (Å²) in [5.74, 6) is 0. The molecule has 6 heteroatoms. The first-order chi connectivity index (χ1) is 4.11. The van der Waals surface area contributed by atoms with Crippen molar-refractivity contribution in [3.63, 3.8) is 0 Å². The Morgan fingerprint density at radius 3 is 2.44 bits per heavy atom. The summed E-state index contributed by atoms with van der Waals surface area (Å²) in [7, 11) is -3.65. The molecule has 0 aliphatic carbocycles. The van der Waals surface area contributed by atoms with E-state index in [1.54, 1.807) is 0 Å². The third kappa shape index (κ3) is 1.27. The maximum Gasteiger partial charge on any atom is 0.317 e. The third-order valence-corrected chi connectivity index (χ3v) is 1.48. The Hall–Kier alpha value is -0.880. The number of nitrogens with zero attached hydrogens (tertiary/aromatic N) is 2. The minimum Gasteiger partial charge on any atom is -0.210 e. The lowest BCUT2D eigenvalue weighted by Gasteiger charge is -1.92. The Morgan fingerprint density at radius 2 is 2.22 bits per heavy atom. The molecular weight excluding hydrogens is 142 g/mol. The normalized spacial score (nSPS) is 11.7. The Morgan fingerprint density at radius 1 is 1.56 bits per heavy atom. The highest BCUT2D eigenvalue weighted by Crippen LogP contribution is 1.84. The van der Waals surface area contributed by atoms with E-state index in [0.717, 1.165) is 0 Å². The monoisotopic (exact) mass is 147 g/mol. The van der Waals surface area contributed by atoms with Gasteiger partial charge in [0.05, 0.1) is 6.20 Å². The zero-order valence-electron chi connectivity index (χ0n) is 4.43. The van der Waals surface area contributed by atoms with E-state index in [4.69, 9.17) is 0 Å². The van der Waals surface area contributed by atoms with Gasteiger partial charge in [-0.2, -0.15) is 17.6 Å². The molecule has 1 heterocycles. The molecule has 0 fully saturated rings. The molecule has 0 aromatic carbocycles. The summed E-state index contributed by atoms with van der Waals surface area (Å²) >= 11 is 0. The molecule has 1 aromatic heterocycles. The quantitative estimate of drug-likeness (QED) is 0.549. The first-order valence-corrected chi connectivity index (χ1v) is 3.64. The molecule has 0 spiro atoms. The average Bonchev–Trinajstić information content (AvgIpc) is 2.08. The van der Waals surface area contributed by atoms with Gasteiger partial charge < -0.3 is 0 Å². The first-order valence-electron chi connectivity index (χ1n) is 2.13. The van der Waals surface area contributed by atoms with Gasteiger partial charge in [0, 0.05) is 6.20 Å². The van der Waals surface area contributed by atoms with E-state index in [9.17, 15) is 8.42 Å². The minimum atomic E-state index is -3.65. The zero-order valence-corrected chi connectivity index (χ0v) is 5.25. The van der Waals surface area contributed by atoms with Gasteiger partial charge in [-0.05, 0) is 6.07 Å². The van der Waals surface area contributed by atoms with Crippen LogP contribution in [-0.4, -0.2) is 17.6 Å². The highest BCUT2D eigenvalue weighted by atomic mass is 32.2. The number of hydrogen-bond acceptors (Lipinski definition) is 3. The van der Waals surface area contributed by atoms with Crippen molar-refractivity contribution in [2.75, 3.05) is 0 Å². The van der Waals surface area contributed by atoms with Crippen LogP contribution < -0.4 is 5.14 Å². The van der Waals surface area contributed by atoms with Crippen molar-refractivity contribution >= 4 is 10.2 Å². The van der Waals surface area contributed by atoms with Crippen LogP contribution in [0.1, 0.15) is 0 Å². The van der Waals surface area contributed by atoms with Crippen molar-refractivity contribution in [3.8, 4) is 0 Å². The Labute approximate surface area is 52.3 Å². The lowest BCUT2D eigenvalue weighted by atomic mass is 10.8. The predicted molar refractivity (Wildman–Crippen MR) is 30.7 cm³/mol. The van der Waals surface area contributed by atoms with E-state index in [2.05, 4.69) is 10.2 Å². The van der Waals surface area contributed by atoms with Crippen molar-refractivity contribution in [2.24, 2.45) is 5.14 Å². The summed E-state index contributed by atoms with van der Waals surface area (Å²) in [6.07, 6.45) is 2.60. The highest BCUT2D eigenvalue weighted by molar-refractivity contribution is 7.87. The van der Waals surface area contributed by atoms with Crippen molar-refractivity contribution in [1.29, 1.82) is 0 Å². The molecule has 50 valence electrons. The van der Waals surface area contributed by atoms with Gasteiger partial charge in [-0.1, -0.05) is 0 Å². The summed E-state index contributed by atoms with van der Waals surface area (Å²) in [5, 5.41) is 8.07. The molecule has 0 unspecified atom stereocenters. The fourth-order valence-electron chi connectivity index (χ4n) is 0.405. The molecule has 0 aliphatic rings. The molecule has 0 saturated heterocycles. The third-order valence-electron chi connectivity index (χ3n) is 0.741. The predicted octanol–water partition coefficient (Wildman–Crippen LogP) is -1.07. The highest BCUT2D eigenvalue weighted by Gasteiger charge is 2.01. The molecule has 0 bridgehead atoms. The Kier molecular flexibility index (Phi) is 1.26. The summed E-state index contributed by atoms with van der Waals surface area (Å²) in [5.41, 5.74) is 0. The van der Waals surface area contributed by atoms with Gasteiger partial charge >= 0.3 is 10.2 Å².